The summed E-state index contributed by atoms with van der Waals surface area (Å²) < 4.78 is 0. The molecule has 1 aromatic carbocycles. The standard InChI is InChI=1S/C12H16N2O/c1-8-6-10-11(7-9(8)2)14(3)5-4-12(15)13-10/h6-7H,4-5H2,1-3H3,(H,13,15). The minimum atomic E-state index is 0.101. The molecule has 0 radical (unpaired) electrons. The van der Waals surface area contributed by atoms with Gasteiger partial charge in [-0.05, 0) is 37.1 Å². The number of aryl methyl sites for hydroxylation is 2. The van der Waals surface area contributed by atoms with Crippen molar-refractivity contribution in [2.45, 2.75) is 20.3 Å². The first-order valence-electron chi connectivity index (χ1n) is 5.20. The molecule has 80 valence electrons. The van der Waals surface area contributed by atoms with Gasteiger partial charge in [0.2, 0.25) is 5.91 Å². The van der Waals surface area contributed by atoms with Crippen molar-refractivity contribution in [3.63, 3.8) is 0 Å². The number of nitrogens with zero attached hydrogens (tertiary/aromatic N) is 1. The minimum absolute atomic E-state index is 0.101. The highest BCUT2D eigenvalue weighted by molar-refractivity contribution is 5.96. The van der Waals surface area contributed by atoms with E-state index in [1.54, 1.807) is 0 Å². The van der Waals surface area contributed by atoms with Gasteiger partial charge >= 0.3 is 0 Å². The summed E-state index contributed by atoms with van der Waals surface area (Å²) in [7, 11) is 2.02. The molecule has 3 nitrogen and oxygen atoms in total. The number of fused-ring (bicyclic) bond motifs is 1. The number of nitrogens with one attached hydrogen (secondary N) is 1. The van der Waals surface area contributed by atoms with Gasteiger partial charge in [0.05, 0.1) is 11.4 Å². The van der Waals surface area contributed by atoms with Gasteiger partial charge < -0.3 is 10.2 Å². The van der Waals surface area contributed by atoms with Crippen molar-refractivity contribution in [3.8, 4) is 0 Å². The van der Waals surface area contributed by atoms with Crippen LogP contribution < -0.4 is 10.2 Å². The number of rotatable bonds is 0. The van der Waals surface area contributed by atoms with E-state index in [9.17, 15) is 4.79 Å². The summed E-state index contributed by atoms with van der Waals surface area (Å²) in [6, 6.07) is 4.18. The van der Waals surface area contributed by atoms with Gasteiger partial charge in [-0.25, -0.2) is 0 Å². The summed E-state index contributed by atoms with van der Waals surface area (Å²) >= 11 is 0. The fourth-order valence-corrected chi connectivity index (χ4v) is 1.82. The minimum Gasteiger partial charge on any atom is -0.372 e. The number of hydrogen-bond acceptors (Lipinski definition) is 2. The average Bonchev–Trinajstić information content (AvgIpc) is 2.30. The van der Waals surface area contributed by atoms with Gasteiger partial charge in [0, 0.05) is 20.0 Å². The van der Waals surface area contributed by atoms with E-state index in [1.807, 2.05) is 13.1 Å². The van der Waals surface area contributed by atoms with Crippen LogP contribution in [0.15, 0.2) is 12.1 Å². The van der Waals surface area contributed by atoms with Gasteiger partial charge in [-0.3, -0.25) is 4.79 Å². The number of benzene rings is 1. The molecular weight excluding hydrogens is 188 g/mol. The number of anilines is 2. The molecule has 0 spiro atoms. The van der Waals surface area contributed by atoms with Crippen LogP contribution in [0.2, 0.25) is 0 Å². The average molecular weight is 204 g/mol. The molecule has 0 aliphatic carbocycles. The van der Waals surface area contributed by atoms with Crippen molar-refractivity contribution in [2.24, 2.45) is 0 Å². The van der Waals surface area contributed by atoms with Crippen molar-refractivity contribution >= 4 is 17.3 Å². The Labute approximate surface area is 90.1 Å². The molecule has 0 unspecified atom stereocenters. The second kappa shape index (κ2) is 3.57. The van der Waals surface area contributed by atoms with E-state index in [4.69, 9.17) is 0 Å². The maximum absolute atomic E-state index is 11.4. The van der Waals surface area contributed by atoms with Crippen molar-refractivity contribution < 1.29 is 4.79 Å². The van der Waals surface area contributed by atoms with Crippen LogP contribution >= 0.6 is 0 Å². The van der Waals surface area contributed by atoms with Crippen LogP contribution in [0.5, 0.6) is 0 Å². The van der Waals surface area contributed by atoms with Crippen molar-refractivity contribution in [2.75, 3.05) is 23.8 Å². The molecule has 0 atom stereocenters. The molecule has 0 fully saturated rings. The Morgan fingerprint density at radius 2 is 1.93 bits per heavy atom. The van der Waals surface area contributed by atoms with Gasteiger partial charge in [0.25, 0.3) is 0 Å². The third-order valence-electron chi connectivity index (χ3n) is 2.97. The summed E-state index contributed by atoms with van der Waals surface area (Å²) in [5, 5.41) is 2.94. The summed E-state index contributed by atoms with van der Waals surface area (Å²) in [4.78, 5) is 13.6. The van der Waals surface area contributed by atoms with Gasteiger partial charge in [-0.1, -0.05) is 0 Å². The van der Waals surface area contributed by atoms with E-state index in [1.165, 1.54) is 11.1 Å². The number of hydrogen-bond donors (Lipinski definition) is 1. The summed E-state index contributed by atoms with van der Waals surface area (Å²) in [5.74, 6) is 0.101. The molecule has 1 amide bonds. The van der Waals surface area contributed by atoms with E-state index >= 15 is 0 Å². The van der Waals surface area contributed by atoms with Gasteiger partial charge in [-0.2, -0.15) is 0 Å². The Morgan fingerprint density at radius 3 is 2.67 bits per heavy atom. The normalized spacial score (nSPS) is 15.7. The molecule has 0 bridgehead atoms. The molecule has 1 heterocycles. The zero-order valence-electron chi connectivity index (χ0n) is 9.42. The van der Waals surface area contributed by atoms with Crippen LogP contribution in [0.25, 0.3) is 0 Å². The highest BCUT2D eigenvalue weighted by Crippen LogP contribution is 2.30. The lowest BCUT2D eigenvalue weighted by molar-refractivity contribution is -0.115. The lowest BCUT2D eigenvalue weighted by Gasteiger charge is -2.19. The maximum Gasteiger partial charge on any atom is 0.226 e. The van der Waals surface area contributed by atoms with Crippen molar-refractivity contribution in [3.05, 3.63) is 23.3 Å². The highest BCUT2D eigenvalue weighted by atomic mass is 16.1. The van der Waals surface area contributed by atoms with Crippen LogP contribution in [0.1, 0.15) is 17.5 Å². The Hall–Kier alpha value is -1.51. The Bertz CT molecular complexity index is 412. The summed E-state index contributed by atoms with van der Waals surface area (Å²) in [6.07, 6.45) is 0.559. The van der Waals surface area contributed by atoms with E-state index in [0.29, 0.717) is 6.42 Å². The quantitative estimate of drug-likeness (QED) is 0.701. The van der Waals surface area contributed by atoms with Gasteiger partial charge in [0.15, 0.2) is 0 Å². The molecule has 2 rings (SSSR count). The zero-order chi connectivity index (χ0) is 11.0. The second-order valence-corrected chi connectivity index (χ2v) is 4.17. The lowest BCUT2D eigenvalue weighted by Crippen LogP contribution is -2.18. The Balaban J connectivity index is 2.52. The molecular formula is C12H16N2O. The molecule has 1 N–H and O–H groups in total. The van der Waals surface area contributed by atoms with E-state index in [0.717, 1.165) is 17.9 Å². The molecule has 1 aliphatic rings. The Morgan fingerprint density at radius 1 is 1.27 bits per heavy atom. The van der Waals surface area contributed by atoms with Crippen molar-refractivity contribution in [1.29, 1.82) is 0 Å². The second-order valence-electron chi connectivity index (χ2n) is 4.17. The number of carbonyl (C=O) groups excluding carboxylic acids is 1. The molecule has 15 heavy (non-hydrogen) atoms. The number of carbonyl (C=O) groups is 1. The van der Waals surface area contributed by atoms with E-state index in [2.05, 4.69) is 30.1 Å². The predicted octanol–water partition coefficient (Wildman–Crippen LogP) is 2.08. The predicted molar refractivity (Wildman–Crippen MR) is 62.4 cm³/mol. The molecule has 1 aromatic rings. The first kappa shape index (κ1) is 10.0. The molecule has 0 saturated heterocycles. The molecule has 1 aliphatic heterocycles. The smallest absolute Gasteiger partial charge is 0.226 e. The topological polar surface area (TPSA) is 32.3 Å². The monoisotopic (exact) mass is 204 g/mol. The molecule has 0 aromatic heterocycles. The Kier molecular flexibility index (Phi) is 2.39. The number of amides is 1. The molecule has 3 heteroatoms. The van der Waals surface area contributed by atoms with Gasteiger partial charge in [0.1, 0.15) is 0 Å². The third kappa shape index (κ3) is 1.82. The SMILES string of the molecule is Cc1cc2c(cc1C)N(C)CCC(=O)N2. The van der Waals surface area contributed by atoms with Crippen molar-refractivity contribution in [1.82, 2.24) is 0 Å². The fraction of sp³-hybridized carbons (Fsp3) is 0.417. The molecule has 0 saturated carbocycles. The van der Waals surface area contributed by atoms with E-state index in [-0.39, 0.29) is 5.91 Å². The van der Waals surface area contributed by atoms with Crippen LogP contribution in [0.3, 0.4) is 0 Å². The summed E-state index contributed by atoms with van der Waals surface area (Å²) in [6.45, 7) is 4.93. The maximum atomic E-state index is 11.4. The fourth-order valence-electron chi connectivity index (χ4n) is 1.82. The third-order valence-corrected chi connectivity index (χ3v) is 2.97. The zero-order valence-corrected chi connectivity index (χ0v) is 9.42. The lowest BCUT2D eigenvalue weighted by atomic mass is 10.1. The first-order chi connectivity index (χ1) is 7.08. The highest BCUT2D eigenvalue weighted by Gasteiger charge is 2.16. The summed E-state index contributed by atoms with van der Waals surface area (Å²) in [5.41, 5.74) is 4.52. The van der Waals surface area contributed by atoms with Crippen LogP contribution in [0, 0.1) is 13.8 Å². The van der Waals surface area contributed by atoms with Crippen LogP contribution in [0.4, 0.5) is 11.4 Å². The first-order valence-corrected chi connectivity index (χ1v) is 5.20. The van der Waals surface area contributed by atoms with Gasteiger partial charge in [-0.15, -0.1) is 0 Å². The van der Waals surface area contributed by atoms with Crippen LogP contribution in [-0.4, -0.2) is 19.5 Å². The van der Waals surface area contributed by atoms with Crippen LogP contribution in [-0.2, 0) is 4.79 Å². The largest absolute Gasteiger partial charge is 0.372 e. The van der Waals surface area contributed by atoms with E-state index < -0.39 is 0 Å².